The Morgan fingerprint density at radius 3 is 2.57 bits per heavy atom. The first-order valence-electron chi connectivity index (χ1n) is 10.8. The van der Waals surface area contributed by atoms with Gasteiger partial charge in [-0.2, -0.15) is 0 Å². The van der Waals surface area contributed by atoms with Crippen LogP contribution in [0.2, 0.25) is 0 Å². The number of ether oxygens (including phenoxy) is 1. The number of rotatable bonds is 5. The summed E-state index contributed by atoms with van der Waals surface area (Å²) in [7, 11) is 0. The van der Waals surface area contributed by atoms with Gasteiger partial charge in [0.05, 0.1) is 24.0 Å². The molecule has 7 heteroatoms. The third kappa shape index (κ3) is 3.77. The molecule has 1 aliphatic heterocycles. The van der Waals surface area contributed by atoms with Gasteiger partial charge in [0, 0.05) is 19.2 Å². The van der Waals surface area contributed by atoms with Gasteiger partial charge < -0.3 is 19.9 Å². The smallest absolute Gasteiger partial charge is 0.213 e. The summed E-state index contributed by atoms with van der Waals surface area (Å²) >= 11 is 0. The van der Waals surface area contributed by atoms with Crippen molar-refractivity contribution in [3.05, 3.63) is 65.9 Å². The van der Waals surface area contributed by atoms with E-state index in [1.54, 1.807) is 0 Å². The van der Waals surface area contributed by atoms with Gasteiger partial charge in [0.2, 0.25) is 5.88 Å². The van der Waals surface area contributed by atoms with Crippen LogP contribution in [0, 0.1) is 0 Å². The van der Waals surface area contributed by atoms with Gasteiger partial charge in [-0.3, -0.25) is 0 Å². The Hall–Kier alpha value is -2.93. The highest BCUT2D eigenvalue weighted by atomic mass is 16.5. The summed E-state index contributed by atoms with van der Waals surface area (Å²) < 4.78 is 8.04. The predicted octanol–water partition coefficient (Wildman–Crippen LogP) is 3.39. The first-order chi connectivity index (χ1) is 14.7. The van der Waals surface area contributed by atoms with Gasteiger partial charge in [-0.15, -0.1) is 10.2 Å². The summed E-state index contributed by atoms with van der Waals surface area (Å²) in [5, 5.41) is 8.99. The van der Waals surface area contributed by atoms with Gasteiger partial charge in [0.1, 0.15) is 6.61 Å². The lowest BCUT2D eigenvalue weighted by Gasteiger charge is -2.35. The van der Waals surface area contributed by atoms with E-state index in [0.29, 0.717) is 12.5 Å². The van der Waals surface area contributed by atoms with Crippen LogP contribution in [0.5, 0.6) is 5.88 Å². The van der Waals surface area contributed by atoms with Crippen molar-refractivity contribution in [3.63, 3.8) is 0 Å². The quantitative estimate of drug-likeness (QED) is 0.702. The molecule has 3 heterocycles. The van der Waals surface area contributed by atoms with E-state index in [9.17, 15) is 0 Å². The molecule has 1 aromatic carbocycles. The minimum atomic E-state index is -0.315. The molecule has 5 rings (SSSR count). The molecular formula is C23H28N6O. The maximum Gasteiger partial charge on any atom is 0.213 e. The van der Waals surface area contributed by atoms with Crippen LogP contribution in [0.1, 0.15) is 49.3 Å². The number of anilines is 1. The van der Waals surface area contributed by atoms with Crippen LogP contribution >= 0.6 is 0 Å². The summed E-state index contributed by atoms with van der Waals surface area (Å²) in [6, 6.07) is 14.1. The van der Waals surface area contributed by atoms with E-state index in [1.807, 2.05) is 42.6 Å². The molecule has 2 aromatic heterocycles. The average Bonchev–Trinajstić information content (AvgIpc) is 3.23. The van der Waals surface area contributed by atoms with Crippen LogP contribution in [0.4, 0.5) is 5.69 Å². The molecule has 0 spiro atoms. The molecule has 3 aromatic rings. The normalized spacial score (nSPS) is 18.1. The highest BCUT2D eigenvalue weighted by Gasteiger charge is 2.36. The molecule has 2 aliphatic rings. The monoisotopic (exact) mass is 404 g/mol. The SMILES string of the molecule is NC1(c2nnc3n2CCN(c2ccc(OCc4ccccc4)nc2)C3)CCCCC1. The van der Waals surface area contributed by atoms with E-state index in [1.165, 1.54) is 19.3 Å². The van der Waals surface area contributed by atoms with E-state index >= 15 is 0 Å². The second-order valence-electron chi connectivity index (χ2n) is 8.36. The molecule has 0 bridgehead atoms. The van der Waals surface area contributed by atoms with Crippen LogP contribution in [-0.2, 0) is 25.2 Å². The van der Waals surface area contributed by atoms with E-state index in [0.717, 1.165) is 55.4 Å². The number of nitrogens with zero attached hydrogens (tertiary/aromatic N) is 5. The van der Waals surface area contributed by atoms with Crippen molar-refractivity contribution >= 4 is 5.69 Å². The summed E-state index contributed by atoms with van der Waals surface area (Å²) in [4.78, 5) is 6.77. The zero-order valence-corrected chi connectivity index (χ0v) is 17.2. The fraction of sp³-hybridized carbons (Fsp3) is 0.435. The third-order valence-corrected chi connectivity index (χ3v) is 6.26. The topological polar surface area (TPSA) is 82.1 Å². The molecular weight excluding hydrogens is 376 g/mol. The average molecular weight is 405 g/mol. The third-order valence-electron chi connectivity index (χ3n) is 6.26. The van der Waals surface area contributed by atoms with Crippen LogP contribution in [0.3, 0.4) is 0 Å². The molecule has 1 saturated carbocycles. The van der Waals surface area contributed by atoms with Gasteiger partial charge in [0.25, 0.3) is 0 Å². The fourth-order valence-corrected chi connectivity index (χ4v) is 4.53. The molecule has 7 nitrogen and oxygen atoms in total. The molecule has 0 saturated heterocycles. The molecule has 0 radical (unpaired) electrons. The lowest BCUT2D eigenvalue weighted by atomic mass is 9.82. The van der Waals surface area contributed by atoms with Crippen molar-refractivity contribution in [2.24, 2.45) is 5.73 Å². The van der Waals surface area contributed by atoms with Gasteiger partial charge >= 0.3 is 0 Å². The molecule has 0 atom stereocenters. The van der Waals surface area contributed by atoms with E-state index < -0.39 is 0 Å². The van der Waals surface area contributed by atoms with Crippen LogP contribution in [0.15, 0.2) is 48.7 Å². The molecule has 156 valence electrons. The summed E-state index contributed by atoms with van der Waals surface area (Å²) in [5.41, 5.74) is 8.60. The zero-order chi connectivity index (χ0) is 20.4. The Balaban J connectivity index is 1.25. The minimum Gasteiger partial charge on any atom is -0.473 e. The van der Waals surface area contributed by atoms with E-state index in [4.69, 9.17) is 10.5 Å². The number of pyridine rings is 1. The highest BCUT2D eigenvalue weighted by molar-refractivity contribution is 5.46. The van der Waals surface area contributed by atoms with E-state index in [-0.39, 0.29) is 5.54 Å². The van der Waals surface area contributed by atoms with Gasteiger partial charge in [0.15, 0.2) is 11.6 Å². The second kappa shape index (κ2) is 8.07. The van der Waals surface area contributed by atoms with Crippen molar-refractivity contribution in [2.75, 3.05) is 11.4 Å². The van der Waals surface area contributed by atoms with E-state index in [2.05, 4.69) is 30.7 Å². The van der Waals surface area contributed by atoms with Gasteiger partial charge in [-0.1, -0.05) is 49.6 Å². The first-order valence-corrected chi connectivity index (χ1v) is 10.8. The summed E-state index contributed by atoms with van der Waals surface area (Å²) in [5.74, 6) is 2.59. The molecule has 0 unspecified atom stereocenters. The Morgan fingerprint density at radius 1 is 0.967 bits per heavy atom. The highest BCUT2D eigenvalue weighted by Crippen LogP contribution is 2.35. The van der Waals surface area contributed by atoms with Crippen molar-refractivity contribution < 1.29 is 4.74 Å². The fourth-order valence-electron chi connectivity index (χ4n) is 4.53. The Labute approximate surface area is 176 Å². The molecule has 1 aliphatic carbocycles. The molecule has 1 fully saturated rings. The van der Waals surface area contributed by atoms with Gasteiger partial charge in [-0.25, -0.2) is 4.98 Å². The maximum atomic E-state index is 6.72. The Morgan fingerprint density at radius 2 is 1.80 bits per heavy atom. The molecule has 30 heavy (non-hydrogen) atoms. The summed E-state index contributed by atoms with van der Waals surface area (Å²) in [6.07, 6.45) is 7.50. The van der Waals surface area contributed by atoms with Crippen molar-refractivity contribution in [1.29, 1.82) is 0 Å². The number of hydrogen-bond donors (Lipinski definition) is 1. The molecule has 0 amide bonds. The van der Waals surface area contributed by atoms with Crippen molar-refractivity contribution in [3.8, 4) is 5.88 Å². The predicted molar refractivity (Wildman–Crippen MR) is 115 cm³/mol. The van der Waals surface area contributed by atoms with Crippen LogP contribution in [0.25, 0.3) is 0 Å². The first kappa shape index (κ1) is 19.1. The van der Waals surface area contributed by atoms with Crippen LogP contribution in [-0.4, -0.2) is 26.3 Å². The van der Waals surface area contributed by atoms with Crippen molar-refractivity contribution in [2.45, 2.75) is 57.3 Å². The number of hydrogen-bond acceptors (Lipinski definition) is 6. The standard InChI is InChI=1S/C23H28N6O/c24-23(11-5-2-6-12-23)22-27-26-20-16-28(13-14-29(20)22)19-9-10-21(25-15-19)30-17-18-7-3-1-4-8-18/h1,3-4,7-10,15H,2,5-6,11-14,16-17,24H2. The second-order valence-corrected chi connectivity index (χ2v) is 8.36. The van der Waals surface area contributed by atoms with Crippen molar-refractivity contribution in [1.82, 2.24) is 19.7 Å². The summed E-state index contributed by atoms with van der Waals surface area (Å²) in [6.45, 7) is 2.97. The molecule has 2 N–H and O–H groups in total. The minimum absolute atomic E-state index is 0.315. The maximum absolute atomic E-state index is 6.72. The number of aromatic nitrogens is 4. The van der Waals surface area contributed by atoms with Crippen LogP contribution < -0.4 is 15.4 Å². The Kier molecular flexibility index (Phi) is 5.12. The number of fused-ring (bicyclic) bond motifs is 1. The zero-order valence-electron chi connectivity index (χ0n) is 17.2. The number of benzene rings is 1. The number of nitrogens with two attached hydrogens (primary N) is 1. The van der Waals surface area contributed by atoms with Gasteiger partial charge in [-0.05, 0) is 24.5 Å². The lowest BCUT2D eigenvalue weighted by Crippen LogP contribution is -2.43. The lowest BCUT2D eigenvalue weighted by molar-refractivity contribution is 0.275. The largest absolute Gasteiger partial charge is 0.473 e. The Bertz CT molecular complexity index is 979.